The number of nitrogens with one attached hydrogen (secondary N) is 1. The maximum atomic E-state index is 12.6. The molecule has 1 aromatic rings. The Hall–Kier alpha value is -1.50. The molecule has 1 atom stereocenters. The van der Waals surface area contributed by atoms with Gasteiger partial charge in [0.25, 0.3) is 5.91 Å². The van der Waals surface area contributed by atoms with Crippen molar-refractivity contribution in [3.63, 3.8) is 0 Å². The van der Waals surface area contributed by atoms with Gasteiger partial charge in [0.05, 0.1) is 35.6 Å². The zero-order chi connectivity index (χ0) is 18.9. The first-order valence-electron chi connectivity index (χ1n) is 9.39. The predicted octanol–water partition coefficient (Wildman–Crippen LogP) is 2.94. The van der Waals surface area contributed by atoms with Crippen LogP contribution in [0.1, 0.15) is 43.5 Å². The summed E-state index contributed by atoms with van der Waals surface area (Å²) in [6.45, 7) is 8.54. The molecule has 7 heteroatoms. The third-order valence-electron chi connectivity index (χ3n) is 4.43. The van der Waals surface area contributed by atoms with E-state index in [1.165, 1.54) is 19.3 Å². The summed E-state index contributed by atoms with van der Waals surface area (Å²) < 4.78 is 11.3. The molecule has 0 aliphatic carbocycles. The van der Waals surface area contributed by atoms with Crippen molar-refractivity contribution in [1.82, 2.24) is 10.2 Å². The lowest BCUT2D eigenvalue weighted by Gasteiger charge is -2.33. The number of hydrogen-bond donors (Lipinski definition) is 2. The van der Waals surface area contributed by atoms with Gasteiger partial charge in [-0.1, -0.05) is 31.4 Å². The molecule has 1 aromatic carbocycles. The smallest absolute Gasteiger partial charge is 0.255 e. The molecule has 0 bridgehead atoms. The molecule has 6 nitrogen and oxygen atoms in total. The van der Waals surface area contributed by atoms with E-state index in [2.05, 4.69) is 17.1 Å². The third kappa shape index (κ3) is 6.04. The van der Waals surface area contributed by atoms with Crippen molar-refractivity contribution in [3.05, 3.63) is 22.7 Å². The van der Waals surface area contributed by atoms with Crippen molar-refractivity contribution in [2.24, 2.45) is 0 Å². The minimum absolute atomic E-state index is 0.00544. The van der Waals surface area contributed by atoms with Crippen LogP contribution in [-0.4, -0.2) is 56.3 Å². The van der Waals surface area contributed by atoms with E-state index in [1.54, 1.807) is 12.1 Å². The van der Waals surface area contributed by atoms with Crippen LogP contribution in [-0.2, 0) is 4.74 Å². The number of nitrogen functional groups attached to an aromatic ring is 1. The lowest BCUT2D eigenvalue weighted by atomic mass is 10.1. The highest BCUT2D eigenvalue weighted by Gasteiger charge is 2.22. The van der Waals surface area contributed by atoms with E-state index in [4.69, 9.17) is 26.8 Å². The van der Waals surface area contributed by atoms with E-state index >= 15 is 0 Å². The van der Waals surface area contributed by atoms with Gasteiger partial charge in [-0.3, -0.25) is 9.69 Å². The van der Waals surface area contributed by atoms with Crippen LogP contribution in [0.2, 0.25) is 5.02 Å². The Morgan fingerprint density at radius 3 is 2.96 bits per heavy atom. The number of benzene rings is 1. The Bertz CT molecular complexity index is 598. The highest BCUT2D eigenvalue weighted by molar-refractivity contribution is 6.33. The molecule has 3 N–H and O–H groups in total. The van der Waals surface area contributed by atoms with E-state index in [1.807, 2.05) is 6.92 Å². The van der Waals surface area contributed by atoms with Crippen molar-refractivity contribution >= 4 is 23.2 Å². The van der Waals surface area contributed by atoms with Crippen LogP contribution in [0.3, 0.4) is 0 Å². The lowest BCUT2D eigenvalue weighted by molar-refractivity contribution is -0.0267. The summed E-state index contributed by atoms with van der Waals surface area (Å²) in [5.41, 5.74) is 6.59. The van der Waals surface area contributed by atoms with E-state index in [0.29, 0.717) is 41.8 Å². The first kappa shape index (κ1) is 20.8. The normalized spacial score (nSPS) is 17.9. The fraction of sp³-hybridized carbons (Fsp3) is 0.632. The fourth-order valence-electron chi connectivity index (χ4n) is 3.02. The molecule has 26 heavy (non-hydrogen) atoms. The molecule has 0 radical (unpaired) electrons. The number of carbonyl (C=O) groups is 1. The molecule has 1 saturated heterocycles. The summed E-state index contributed by atoms with van der Waals surface area (Å²) in [6, 6.07) is 3.14. The van der Waals surface area contributed by atoms with Gasteiger partial charge < -0.3 is 20.5 Å². The summed E-state index contributed by atoms with van der Waals surface area (Å²) in [7, 11) is 0. The summed E-state index contributed by atoms with van der Waals surface area (Å²) in [5.74, 6) is 0.208. The van der Waals surface area contributed by atoms with Crippen molar-refractivity contribution in [2.75, 3.05) is 45.1 Å². The Kier molecular flexibility index (Phi) is 8.48. The molecular formula is C19H30ClN3O3. The second kappa shape index (κ2) is 10.6. The number of hydrogen-bond acceptors (Lipinski definition) is 5. The largest absolute Gasteiger partial charge is 0.493 e. The first-order valence-corrected chi connectivity index (χ1v) is 9.76. The lowest BCUT2D eigenvalue weighted by Crippen LogP contribution is -2.47. The van der Waals surface area contributed by atoms with E-state index < -0.39 is 0 Å². The quantitative estimate of drug-likeness (QED) is 0.506. The van der Waals surface area contributed by atoms with E-state index in [9.17, 15) is 4.79 Å². The Balaban J connectivity index is 1.90. The molecule has 1 heterocycles. The summed E-state index contributed by atoms with van der Waals surface area (Å²) >= 11 is 6.07. The van der Waals surface area contributed by atoms with Crippen LogP contribution in [0, 0.1) is 0 Å². The van der Waals surface area contributed by atoms with Gasteiger partial charge in [0.1, 0.15) is 5.75 Å². The first-order chi connectivity index (χ1) is 12.5. The van der Waals surface area contributed by atoms with Crippen LogP contribution < -0.4 is 15.8 Å². The number of morpholine rings is 1. The molecule has 0 saturated carbocycles. The number of halogens is 1. The van der Waals surface area contributed by atoms with Crippen LogP contribution in [0.5, 0.6) is 5.75 Å². The maximum absolute atomic E-state index is 12.6. The molecule has 0 aromatic heterocycles. The Labute approximate surface area is 161 Å². The summed E-state index contributed by atoms with van der Waals surface area (Å²) in [6.07, 6.45) is 3.67. The zero-order valence-corrected chi connectivity index (χ0v) is 16.5. The van der Waals surface area contributed by atoms with Crippen LogP contribution in [0.4, 0.5) is 5.69 Å². The number of ether oxygens (including phenoxy) is 2. The fourth-order valence-corrected chi connectivity index (χ4v) is 3.18. The summed E-state index contributed by atoms with van der Waals surface area (Å²) in [5, 5.41) is 3.27. The summed E-state index contributed by atoms with van der Waals surface area (Å²) in [4.78, 5) is 15.0. The molecule has 1 fully saturated rings. The minimum atomic E-state index is -0.234. The maximum Gasteiger partial charge on any atom is 0.255 e. The van der Waals surface area contributed by atoms with E-state index in [-0.39, 0.29) is 12.0 Å². The monoisotopic (exact) mass is 383 g/mol. The van der Waals surface area contributed by atoms with Crippen LogP contribution in [0.25, 0.3) is 0 Å². The molecule has 2 rings (SSSR count). The standard InChI is InChI=1S/C19H30ClN3O3/c1-3-5-6-7-23-8-9-26-14(13-23)12-22-19(24)15-10-16(20)17(21)11-18(15)25-4-2/h10-11,14H,3-9,12-13,21H2,1-2H3,(H,22,24). The third-order valence-corrected chi connectivity index (χ3v) is 4.76. The van der Waals surface area contributed by atoms with Crippen molar-refractivity contribution in [1.29, 1.82) is 0 Å². The predicted molar refractivity (Wildman–Crippen MR) is 105 cm³/mol. The number of carbonyl (C=O) groups excluding carboxylic acids is 1. The van der Waals surface area contributed by atoms with Gasteiger partial charge in [0.2, 0.25) is 0 Å². The van der Waals surface area contributed by atoms with Gasteiger partial charge in [-0.15, -0.1) is 0 Å². The number of unbranched alkanes of at least 4 members (excludes halogenated alkanes) is 2. The van der Waals surface area contributed by atoms with Gasteiger partial charge in [-0.05, 0) is 26.0 Å². The van der Waals surface area contributed by atoms with E-state index in [0.717, 1.165) is 19.6 Å². The number of anilines is 1. The van der Waals surface area contributed by atoms with Gasteiger partial charge >= 0.3 is 0 Å². The average molecular weight is 384 g/mol. The Morgan fingerprint density at radius 1 is 1.42 bits per heavy atom. The van der Waals surface area contributed by atoms with Gasteiger partial charge in [-0.25, -0.2) is 0 Å². The van der Waals surface area contributed by atoms with Gasteiger partial charge in [-0.2, -0.15) is 0 Å². The Morgan fingerprint density at radius 2 is 2.23 bits per heavy atom. The van der Waals surface area contributed by atoms with Gasteiger partial charge in [0, 0.05) is 25.7 Å². The molecule has 146 valence electrons. The van der Waals surface area contributed by atoms with Crippen molar-refractivity contribution in [2.45, 2.75) is 39.2 Å². The molecule has 1 amide bonds. The molecule has 1 aliphatic rings. The number of nitrogens with zero attached hydrogens (tertiary/aromatic N) is 1. The number of amides is 1. The molecule has 1 aliphatic heterocycles. The van der Waals surface area contributed by atoms with Gasteiger partial charge in [0.15, 0.2) is 0 Å². The number of rotatable bonds is 9. The second-order valence-corrected chi connectivity index (χ2v) is 6.92. The second-order valence-electron chi connectivity index (χ2n) is 6.51. The highest BCUT2D eigenvalue weighted by Crippen LogP contribution is 2.29. The van der Waals surface area contributed by atoms with Crippen LogP contribution in [0.15, 0.2) is 12.1 Å². The van der Waals surface area contributed by atoms with Crippen molar-refractivity contribution < 1.29 is 14.3 Å². The average Bonchev–Trinajstić information content (AvgIpc) is 2.63. The highest BCUT2D eigenvalue weighted by atomic mass is 35.5. The van der Waals surface area contributed by atoms with Crippen molar-refractivity contribution in [3.8, 4) is 5.75 Å². The minimum Gasteiger partial charge on any atom is -0.493 e. The SMILES string of the molecule is CCCCCN1CCOC(CNC(=O)c2cc(Cl)c(N)cc2OCC)C1. The molecule has 0 spiro atoms. The molecule has 1 unspecified atom stereocenters. The topological polar surface area (TPSA) is 76.8 Å². The molecular weight excluding hydrogens is 354 g/mol. The number of nitrogens with two attached hydrogens (primary N) is 1. The van der Waals surface area contributed by atoms with Crippen LogP contribution >= 0.6 is 11.6 Å². The zero-order valence-electron chi connectivity index (χ0n) is 15.7.